The summed E-state index contributed by atoms with van der Waals surface area (Å²) in [5.41, 5.74) is 6.67. The van der Waals surface area contributed by atoms with E-state index in [1.807, 2.05) is 0 Å². The third-order valence-electron chi connectivity index (χ3n) is 15.2. The van der Waals surface area contributed by atoms with Crippen molar-refractivity contribution in [2.45, 2.75) is 87.9 Å². The van der Waals surface area contributed by atoms with Gasteiger partial charge < -0.3 is 8.98 Å². The number of rotatable bonds is 4. The monoisotopic (exact) mass is 680 g/mol. The number of hydrogen-bond acceptors (Lipinski definition) is 4. The lowest BCUT2D eigenvalue weighted by molar-refractivity contribution is -0.0155. The molecule has 5 nitrogen and oxygen atoms in total. The van der Waals surface area contributed by atoms with Gasteiger partial charge in [0.15, 0.2) is 5.82 Å². The molecule has 0 N–H and O–H groups in total. The van der Waals surface area contributed by atoms with E-state index in [9.17, 15) is 0 Å². The molecule has 52 heavy (non-hydrogen) atoms. The maximum absolute atomic E-state index is 6.48. The average molecular weight is 681 g/mol. The molecular formula is C47H44N4O. The van der Waals surface area contributed by atoms with Gasteiger partial charge in [0, 0.05) is 32.6 Å². The lowest BCUT2D eigenvalue weighted by Crippen LogP contribution is -2.51. The van der Waals surface area contributed by atoms with Crippen LogP contribution < -0.4 is 0 Å². The summed E-state index contributed by atoms with van der Waals surface area (Å²) in [7, 11) is 0. The first kappa shape index (κ1) is 29.0. The van der Waals surface area contributed by atoms with Crippen LogP contribution in [0.4, 0.5) is 0 Å². The molecule has 4 aromatic carbocycles. The highest BCUT2D eigenvalue weighted by Crippen LogP contribution is 2.62. The van der Waals surface area contributed by atoms with E-state index < -0.39 is 0 Å². The molecule has 0 aliphatic heterocycles. The van der Waals surface area contributed by atoms with Gasteiger partial charge in [-0.3, -0.25) is 0 Å². The normalized spacial score (nSPS) is 33.0. The predicted molar refractivity (Wildman–Crippen MR) is 207 cm³/mol. The smallest absolute Gasteiger partial charge is 0.165 e. The van der Waals surface area contributed by atoms with Crippen molar-refractivity contribution in [2.75, 3.05) is 0 Å². The predicted octanol–water partition coefficient (Wildman–Crippen LogP) is 11.5. The van der Waals surface area contributed by atoms with Crippen molar-refractivity contribution in [3.8, 4) is 17.1 Å². The second-order valence-corrected chi connectivity index (χ2v) is 18.5. The zero-order valence-electron chi connectivity index (χ0n) is 29.7. The van der Waals surface area contributed by atoms with E-state index in [0.29, 0.717) is 0 Å². The van der Waals surface area contributed by atoms with E-state index in [4.69, 9.17) is 19.4 Å². The van der Waals surface area contributed by atoms with Gasteiger partial charge in [0.2, 0.25) is 0 Å². The number of hydrogen-bond donors (Lipinski definition) is 0. The number of furan rings is 1. The molecular weight excluding hydrogens is 637 g/mol. The zero-order valence-corrected chi connectivity index (χ0v) is 29.7. The maximum atomic E-state index is 6.48. The highest BCUT2D eigenvalue weighted by atomic mass is 16.3. The molecule has 3 heterocycles. The summed E-state index contributed by atoms with van der Waals surface area (Å²) >= 11 is 0. The zero-order chi connectivity index (χ0) is 33.8. The molecule has 258 valence electrons. The van der Waals surface area contributed by atoms with Crippen LogP contribution in [0.2, 0.25) is 0 Å². The Balaban J connectivity index is 1.08. The molecule has 0 spiro atoms. The van der Waals surface area contributed by atoms with Crippen LogP contribution in [0.1, 0.15) is 88.7 Å². The topological polar surface area (TPSA) is 56.7 Å². The number of fused-ring (bicyclic) bond motifs is 7. The Kier molecular flexibility index (Phi) is 5.65. The van der Waals surface area contributed by atoms with Gasteiger partial charge >= 0.3 is 0 Å². The second kappa shape index (κ2) is 10.1. The Morgan fingerprint density at radius 2 is 1.04 bits per heavy atom. The first-order valence-electron chi connectivity index (χ1n) is 20.3. The summed E-state index contributed by atoms with van der Waals surface area (Å²) in [5.74, 6) is 8.21. The van der Waals surface area contributed by atoms with Crippen LogP contribution in [-0.2, 0) is 10.8 Å². The quantitative estimate of drug-likeness (QED) is 0.186. The maximum Gasteiger partial charge on any atom is 0.165 e. The first-order chi connectivity index (χ1) is 25.6. The highest BCUT2D eigenvalue weighted by Gasteiger charge is 2.56. The summed E-state index contributed by atoms with van der Waals surface area (Å²) in [6.07, 6.45) is 16.1. The fourth-order valence-corrected chi connectivity index (χ4v) is 14.1. The van der Waals surface area contributed by atoms with Crippen molar-refractivity contribution in [2.24, 2.45) is 35.5 Å². The van der Waals surface area contributed by atoms with E-state index in [1.54, 1.807) is 0 Å². The highest BCUT2D eigenvalue weighted by molar-refractivity contribution is 6.24. The van der Waals surface area contributed by atoms with Crippen molar-refractivity contribution in [3.63, 3.8) is 0 Å². The number of nitrogens with zero attached hydrogens (tertiary/aromatic N) is 4. The molecule has 15 rings (SSSR count). The van der Waals surface area contributed by atoms with E-state index in [2.05, 4.69) is 89.5 Å². The van der Waals surface area contributed by atoms with E-state index in [1.165, 1.54) is 104 Å². The summed E-state index contributed by atoms with van der Waals surface area (Å²) in [6.45, 7) is 0. The van der Waals surface area contributed by atoms with E-state index in [-0.39, 0.29) is 10.8 Å². The van der Waals surface area contributed by atoms with Crippen LogP contribution in [0.3, 0.4) is 0 Å². The molecule has 8 fully saturated rings. The number of para-hydroxylation sites is 3. The lowest BCUT2D eigenvalue weighted by Gasteiger charge is -2.57. The fourth-order valence-electron chi connectivity index (χ4n) is 14.1. The molecule has 0 unspecified atom stereocenters. The third-order valence-corrected chi connectivity index (χ3v) is 15.2. The molecule has 0 atom stereocenters. The van der Waals surface area contributed by atoms with Gasteiger partial charge in [0.05, 0.1) is 22.1 Å². The SMILES string of the molecule is c1ccc(-n2c3ccccc3c3ccc4oc5ccccc5c4c32)c(-c2nc(C34CC5CC(CC(C5)C3)C4)nc(C34CC5CC(CC(C5)C3)C4)n2)c1. The van der Waals surface area contributed by atoms with Crippen LogP contribution in [0, 0.1) is 35.5 Å². The number of benzene rings is 4. The Morgan fingerprint density at radius 1 is 0.500 bits per heavy atom. The molecule has 7 aromatic rings. The van der Waals surface area contributed by atoms with Crippen molar-refractivity contribution in [3.05, 3.63) is 96.6 Å². The van der Waals surface area contributed by atoms with E-state index in [0.717, 1.165) is 80.8 Å². The summed E-state index contributed by atoms with van der Waals surface area (Å²) in [6, 6.07) is 30.7. The van der Waals surface area contributed by atoms with Crippen LogP contribution in [0.5, 0.6) is 0 Å². The molecule has 5 heteroatoms. The first-order valence-corrected chi connectivity index (χ1v) is 20.3. The van der Waals surface area contributed by atoms with Crippen molar-refractivity contribution < 1.29 is 4.42 Å². The number of aromatic nitrogens is 4. The minimum Gasteiger partial charge on any atom is -0.456 e. The average Bonchev–Trinajstić information content (AvgIpc) is 3.69. The lowest BCUT2D eigenvalue weighted by atomic mass is 9.49. The summed E-state index contributed by atoms with van der Waals surface area (Å²) in [4.78, 5) is 17.2. The van der Waals surface area contributed by atoms with Gasteiger partial charge in [0.25, 0.3) is 0 Å². The molecule has 8 saturated carbocycles. The van der Waals surface area contributed by atoms with Crippen LogP contribution in [-0.4, -0.2) is 19.5 Å². The molecule has 8 aliphatic carbocycles. The fraction of sp³-hybridized carbons (Fsp3) is 0.426. The van der Waals surface area contributed by atoms with Gasteiger partial charge in [-0.2, -0.15) is 0 Å². The van der Waals surface area contributed by atoms with Gasteiger partial charge in [-0.25, -0.2) is 15.0 Å². The Morgan fingerprint density at radius 3 is 1.67 bits per heavy atom. The molecule has 3 aromatic heterocycles. The summed E-state index contributed by atoms with van der Waals surface area (Å²) in [5, 5.41) is 4.80. The standard InChI is InChI=1S/C47H44N4O/c1-4-10-37-33(7-1)34-13-14-40-41(36-9-3-6-12-39(36)52-40)42(34)51(37)38-11-5-2-8-35(38)43-48-44(46-21-27-15-28(22-46)17-29(16-27)23-46)50-45(49-43)47-24-30-18-31(25-47)20-32(19-30)26-47/h1-14,27-32H,15-26H2. The Hall–Kier alpha value is -4.51. The Bertz CT molecular complexity index is 2490. The van der Waals surface area contributed by atoms with Gasteiger partial charge in [-0.15, -0.1) is 0 Å². The van der Waals surface area contributed by atoms with Gasteiger partial charge in [-0.1, -0.05) is 48.5 Å². The van der Waals surface area contributed by atoms with Crippen LogP contribution in [0.15, 0.2) is 89.3 Å². The second-order valence-electron chi connectivity index (χ2n) is 18.5. The molecule has 0 amide bonds. The molecule has 0 radical (unpaired) electrons. The van der Waals surface area contributed by atoms with Crippen molar-refractivity contribution in [1.29, 1.82) is 0 Å². The van der Waals surface area contributed by atoms with Crippen molar-refractivity contribution >= 4 is 43.7 Å². The van der Waals surface area contributed by atoms with Crippen LogP contribution in [0.25, 0.3) is 60.8 Å². The van der Waals surface area contributed by atoms with Crippen molar-refractivity contribution in [1.82, 2.24) is 19.5 Å². The van der Waals surface area contributed by atoms with Crippen LogP contribution >= 0.6 is 0 Å². The largest absolute Gasteiger partial charge is 0.456 e. The molecule has 8 bridgehead atoms. The minimum absolute atomic E-state index is 0.104. The minimum atomic E-state index is 0.104. The molecule has 8 aliphatic rings. The van der Waals surface area contributed by atoms with E-state index >= 15 is 0 Å². The third kappa shape index (κ3) is 3.92. The summed E-state index contributed by atoms with van der Waals surface area (Å²) < 4.78 is 8.97. The Labute approximate surface area is 303 Å². The molecule has 0 saturated heterocycles. The van der Waals surface area contributed by atoms with Gasteiger partial charge in [0.1, 0.15) is 22.8 Å². The van der Waals surface area contributed by atoms with Gasteiger partial charge in [-0.05, 0) is 149 Å².